The molecule has 1 aromatic heterocycles. The van der Waals surface area contributed by atoms with Crippen molar-refractivity contribution in [3.05, 3.63) is 18.5 Å². The summed E-state index contributed by atoms with van der Waals surface area (Å²) >= 11 is 0. The zero-order valence-corrected chi connectivity index (χ0v) is 9.90. The Bertz CT molecular complexity index is 501. The molecule has 94 valence electrons. The lowest BCUT2D eigenvalue weighted by atomic mass is 10.3. The van der Waals surface area contributed by atoms with E-state index < -0.39 is 15.9 Å². The Hall–Kier alpha value is -1.67. The van der Waals surface area contributed by atoms with Gasteiger partial charge in [0.05, 0.1) is 5.69 Å². The Kier molecular flexibility index (Phi) is 4.41. The Morgan fingerprint density at radius 1 is 1.47 bits per heavy atom. The van der Waals surface area contributed by atoms with E-state index in [2.05, 4.69) is 9.71 Å². The molecule has 7 nitrogen and oxygen atoms in total. The number of sulfonamides is 1. The van der Waals surface area contributed by atoms with Crippen molar-refractivity contribution in [3.63, 3.8) is 0 Å². The zero-order valence-electron chi connectivity index (χ0n) is 9.09. The van der Waals surface area contributed by atoms with Crippen LogP contribution in [0, 0.1) is 0 Å². The second kappa shape index (κ2) is 5.60. The topological polar surface area (TPSA) is 128 Å². The minimum Gasteiger partial charge on any atom is -0.398 e. The second-order valence-corrected chi connectivity index (χ2v) is 5.12. The molecule has 0 saturated heterocycles. The van der Waals surface area contributed by atoms with E-state index in [-0.39, 0.29) is 23.5 Å². The second-order valence-electron chi connectivity index (χ2n) is 3.38. The van der Waals surface area contributed by atoms with Gasteiger partial charge in [-0.3, -0.25) is 9.78 Å². The fourth-order valence-corrected chi connectivity index (χ4v) is 2.31. The number of nitrogen functional groups attached to an aromatic ring is 1. The highest BCUT2D eigenvalue weighted by Crippen LogP contribution is 2.15. The number of nitrogens with zero attached hydrogens (tertiary/aromatic N) is 1. The van der Waals surface area contributed by atoms with Crippen LogP contribution in [0.2, 0.25) is 0 Å². The van der Waals surface area contributed by atoms with Gasteiger partial charge in [-0.25, -0.2) is 13.1 Å². The first-order valence-corrected chi connectivity index (χ1v) is 6.39. The molecule has 0 aromatic carbocycles. The smallest absolute Gasteiger partial charge is 0.244 e. The summed E-state index contributed by atoms with van der Waals surface area (Å²) < 4.78 is 25.8. The number of hydrogen-bond acceptors (Lipinski definition) is 5. The third-order valence-electron chi connectivity index (χ3n) is 2.00. The van der Waals surface area contributed by atoms with Crippen LogP contribution in [0.1, 0.15) is 12.8 Å². The molecule has 0 aliphatic rings. The van der Waals surface area contributed by atoms with Gasteiger partial charge in [0.2, 0.25) is 15.9 Å². The minimum atomic E-state index is -3.68. The molecule has 1 amide bonds. The number of carbonyl (C=O) groups excluding carboxylic acids is 1. The molecule has 1 aromatic rings. The SMILES string of the molecule is NC(=O)CCCNS(=O)(=O)c1cnccc1N. The van der Waals surface area contributed by atoms with Crippen molar-refractivity contribution in [1.29, 1.82) is 0 Å². The molecule has 0 unspecified atom stereocenters. The van der Waals surface area contributed by atoms with Crippen molar-refractivity contribution >= 4 is 21.6 Å². The van der Waals surface area contributed by atoms with Crippen molar-refractivity contribution in [3.8, 4) is 0 Å². The molecule has 0 spiro atoms. The van der Waals surface area contributed by atoms with Gasteiger partial charge in [0.1, 0.15) is 4.90 Å². The number of pyridine rings is 1. The summed E-state index contributed by atoms with van der Waals surface area (Å²) in [6.45, 7) is 0.125. The lowest BCUT2D eigenvalue weighted by Gasteiger charge is -2.07. The van der Waals surface area contributed by atoms with Gasteiger partial charge >= 0.3 is 0 Å². The molecule has 0 fully saturated rings. The van der Waals surface area contributed by atoms with Crippen LogP contribution in [-0.4, -0.2) is 25.9 Å². The molecule has 0 saturated carbocycles. The Morgan fingerprint density at radius 3 is 2.76 bits per heavy atom. The lowest BCUT2D eigenvalue weighted by molar-refractivity contribution is -0.118. The van der Waals surface area contributed by atoms with E-state index in [4.69, 9.17) is 11.5 Å². The average molecular weight is 258 g/mol. The summed E-state index contributed by atoms with van der Waals surface area (Å²) in [5.41, 5.74) is 10.6. The van der Waals surface area contributed by atoms with E-state index in [1.165, 1.54) is 18.5 Å². The Balaban J connectivity index is 2.64. The number of nitrogens with two attached hydrogens (primary N) is 2. The minimum absolute atomic E-state index is 0.0703. The van der Waals surface area contributed by atoms with E-state index in [0.29, 0.717) is 6.42 Å². The average Bonchev–Trinajstić information content (AvgIpc) is 2.24. The predicted octanol–water partition coefficient (Wildman–Crippen LogP) is -0.792. The first-order chi connectivity index (χ1) is 7.93. The van der Waals surface area contributed by atoms with Crippen LogP contribution < -0.4 is 16.2 Å². The van der Waals surface area contributed by atoms with Crippen molar-refractivity contribution in [1.82, 2.24) is 9.71 Å². The van der Waals surface area contributed by atoms with Gasteiger partial charge in [-0.15, -0.1) is 0 Å². The number of anilines is 1. The van der Waals surface area contributed by atoms with E-state index >= 15 is 0 Å². The maximum Gasteiger partial charge on any atom is 0.244 e. The standard InChI is InChI=1S/C9H14N4O3S/c10-7-3-5-12-6-8(7)17(15,16)13-4-1-2-9(11)14/h3,5-6,13H,1-2,4H2,(H2,10,12)(H2,11,14). The molecule has 1 rings (SSSR count). The highest BCUT2D eigenvalue weighted by Gasteiger charge is 2.16. The zero-order chi connectivity index (χ0) is 12.9. The van der Waals surface area contributed by atoms with Crippen LogP contribution in [0.25, 0.3) is 0 Å². The van der Waals surface area contributed by atoms with Crippen molar-refractivity contribution in [2.45, 2.75) is 17.7 Å². The first kappa shape index (κ1) is 13.4. The number of nitrogens with one attached hydrogen (secondary N) is 1. The van der Waals surface area contributed by atoms with Crippen LogP contribution in [0.4, 0.5) is 5.69 Å². The predicted molar refractivity (Wildman–Crippen MR) is 62.3 cm³/mol. The fourth-order valence-electron chi connectivity index (χ4n) is 1.16. The van der Waals surface area contributed by atoms with Gasteiger partial charge < -0.3 is 11.5 Å². The van der Waals surface area contributed by atoms with Gasteiger partial charge in [-0.05, 0) is 12.5 Å². The molecule has 0 aliphatic heterocycles. The monoisotopic (exact) mass is 258 g/mol. The van der Waals surface area contributed by atoms with Gasteiger partial charge in [0.25, 0.3) is 0 Å². The summed E-state index contributed by atoms with van der Waals surface area (Å²) in [5, 5.41) is 0. The van der Waals surface area contributed by atoms with Gasteiger partial charge in [-0.2, -0.15) is 0 Å². The van der Waals surface area contributed by atoms with Crippen molar-refractivity contribution in [2.75, 3.05) is 12.3 Å². The van der Waals surface area contributed by atoms with Gasteiger partial charge in [0.15, 0.2) is 0 Å². The number of amides is 1. The number of carbonyl (C=O) groups is 1. The number of primary amides is 1. The quantitative estimate of drug-likeness (QED) is 0.576. The molecule has 0 radical (unpaired) electrons. The highest BCUT2D eigenvalue weighted by molar-refractivity contribution is 7.89. The van der Waals surface area contributed by atoms with E-state index in [1.54, 1.807) is 0 Å². The van der Waals surface area contributed by atoms with E-state index in [9.17, 15) is 13.2 Å². The molecular formula is C9H14N4O3S. The molecule has 0 bridgehead atoms. The Labute approximate surface area is 99.3 Å². The Morgan fingerprint density at radius 2 is 2.18 bits per heavy atom. The first-order valence-electron chi connectivity index (χ1n) is 4.91. The fraction of sp³-hybridized carbons (Fsp3) is 0.333. The summed E-state index contributed by atoms with van der Waals surface area (Å²) in [6.07, 6.45) is 3.05. The van der Waals surface area contributed by atoms with Crippen LogP contribution in [0.5, 0.6) is 0 Å². The normalized spacial score (nSPS) is 11.3. The highest BCUT2D eigenvalue weighted by atomic mass is 32.2. The largest absolute Gasteiger partial charge is 0.398 e. The maximum atomic E-state index is 11.8. The summed E-state index contributed by atoms with van der Waals surface area (Å²) in [4.78, 5) is 14.1. The molecule has 5 N–H and O–H groups in total. The number of hydrogen-bond donors (Lipinski definition) is 3. The van der Waals surface area contributed by atoms with Crippen LogP contribution >= 0.6 is 0 Å². The molecule has 0 aliphatic carbocycles. The number of aromatic nitrogens is 1. The summed E-state index contributed by atoms with van der Waals surface area (Å²) in [6, 6.07) is 1.40. The van der Waals surface area contributed by atoms with Crippen LogP contribution in [0.3, 0.4) is 0 Å². The van der Waals surface area contributed by atoms with E-state index in [0.717, 1.165) is 0 Å². The summed E-state index contributed by atoms with van der Waals surface area (Å²) in [7, 11) is -3.68. The third kappa shape index (κ3) is 4.00. The van der Waals surface area contributed by atoms with E-state index in [1.807, 2.05) is 0 Å². The molecular weight excluding hydrogens is 244 g/mol. The summed E-state index contributed by atoms with van der Waals surface area (Å²) in [5.74, 6) is -0.468. The lowest BCUT2D eigenvalue weighted by Crippen LogP contribution is -2.26. The molecule has 17 heavy (non-hydrogen) atoms. The van der Waals surface area contributed by atoms with Gasteiger partial charge in [-0.1, -0.05) is 0 Å². The van der Waals surface area contributed by atoms with Gasteiger partial charge in [0, 0.05) is 25.4 Å². The molecule has 0 atom stereocenters. The third-order valence-corrected chi connectivity index (χ3v) is 3.50. The number of rotatable bonds is 6. The van der Waals surface area contributed by atoms with Crippen molar-refractivity contribution in [2.24, 2.45) is 5.73 Å². The van der Waals surface area contributed by atoms with Crippen molar-refractivity contribution < 1.29 is 13.2 Å². The van der Waals surface area contributed by atoms with Crippen LogP contribution in [0.15, 0.2) is 23.4 Å². The maximum absolute atomic E-state index is 11.8. The van der Waals surface area contributed by atoms with Crippen LogP contribution in [-0.2, 0) is 14.8 Å². The molecule has 8 heteroatoms. The molecule has 1 heterocycles.